The first-order chi connectivity index (χ1) is 13.4. The summed E-state index contributed by atoms with van der Waals surface area (Å²) in [4.78, 5) is 27.6. The number of benzene rings is 1. The number of nitrogens with zero attached hydrogens (tertiary/aromatic N) is 3. The molecule has 3 atom stereocenters. The fraction of sp³-hybridized carbons (Fsp3) is 0.476. The Kier molecular flexibility index (Phi) is 5.84. The predicted molar refractivity (Wildman–Crippen MR) is 105 cm³/mol. The molecule has 0 radical (unpaired) electrons. The van der Waals surface area contributed by atoms with E-state index in [0.29, 0.717) is 19.5 Å². The quantitative estimate of drug-likeness (QED) is 0.770. The second kappa shape index (κ2) is 8.14. The fourth-order valence-corrected chi connectivity index (χ4v) is 4.15. The lowest BCUT2D eigenvalue weighted by molar-refractivity contribution is -0.152. The van der Waals surface area contributed by atoms with Gasteiger partial charge in [-0.2, -0.15) is 5.10 Å². The number of likely N-dealkylation sites (N-methyl/N-ethyl adjacent to an activating group) is 1. The van der Waals surface area contributed by atoms with Gasteiger partial charge < -0.3 is 10.1 Å². The Balaban J connectivity index is 1.84. The normalized spacial score (nSPS) is 24.9. The van der Waals surface area contributed by atoms with E-state index in [1.165, 1.54) is 7.11 Å². The number of carbonyl (C=O) groups is 2. The Morgan fingerprint density at radius 3 is 2.71 bits per heavy atom. The number of esters is 1. The number of aryl methyl sites for hydroxylation is 1. The first kappa shape index (κ1) is 20.1. The van der Waals surface area contributed by atoms with Crippen molar-refractivity contribution in [3.05, 3.63) is 53.9 Å². The monoisotopic (exact) mass is 384 g/mol. The summed E-state index contributed by atoms with van der Waals surface area (Å²) in [5.74, 6) is -0.729. The molecular weight excluding hydrogens is 356 g/mol. The molecule has 1 aromatic heterocycles. The smallest absolute Gasteiger partial charge is 0.326 e. The molecular formula is C21H28N4O3. The number of likely N-dealkylation sites (tertiary alicyclic amines) is 1. The molecule has 3 rings (SSSR count). The average Bonchev–Trinajstić information content (AvgIpc) is 3.29. The van der Waals surface area contributed by atoms with Gasteiger partial charge >= 0.3 is 5.97 Å². The van der Waals surface area contributed by atoms with Crippen LogP contribution in [-0.4, -0.2) is 52.8 Å². The molecule has 1 aliphatic heterocycles. The van der Waals surface area contributed by atoms with E-state index in [1.54, 1.807) is 10.9 Å². The Labute approximate surface area is 165 Å². The second-order valence-corrected chi connectivity index (χ2v) is 7.55. The van der Waals surface area contributed by atoms with Gasteiger partial charge in [0.25, 0.3) is 0 Å². The van der Waals surface area contributed by atoms with Gasteiger partial charge in [0.1, 0.15) is 5.54 Å². The Hall–Kier alpha value is -2.67. The largest absolute Gasteiger partial charge is 0.468 e. The number of hydrogen-bond acceptors (Lipinski definition) is 5. The van der Waals surface area contributed by atoms with Crippen LogP contribution < -0.4 is 5.32 Å². The molecule has 2 aromatic rings. The molecule has 0 aliphatic carbocycles. The van der Waals surface area contributed by atoms with E-state index in [4.69, 9.17) is 4.74 Å². The molecule has 150 valence electrons. The maximum Gasteiger partial charge on any atom is 0.326 e. The molecule has 1 amide bonds. The molecule has 2 heterocycles. The molecule has 1 aliphatic rings. The number of methoxy groups -OCH3 is 1. The molecule has 1 aromatic carbocycles. The summed E-state index contributed by atoms with van der Waals surface area (Å²) in [5, 5.41) is 7.17. The highest BCUT2D eigenvalue weighted by Gasteiger charge is 2.55. The number of carbonyl (C=O) groups excluding carboxylic acids is 2. The number of hydrogen-bond donors (Lipinski definition) is 1. The van der Waals surface area contributed by atoms with Crippen molar-refractivity contribution < 1.29 is 14.3 Å². The van der Waals surface area contributed by atoms with Crippen LogP contribution in [0.4, 0.5) is 0 Å². The predicted octanol–water partition coefficient (Wildman–Crippen LogP) is 1.93. The molecule has 1 N–H and O–H groups in total. The maximum atomic E-state index is 13.1. The van der Waals surface area contributed by atoms with E-state index in [9.17, 15) is 9.59 Å². The molecule has 7 heteroatoms. The van der Waals surface area contributed by atoms with Crippen molar-refractivity contribution in [2.75, 3.05) is 20.7 Å². The summed E-state index contributed by atoms with van der Waals surface area (Å²) >= 11 is 0. The van der Waals surface area contributed by atoms with Crippen molar-refractivity contribution in [2.24, 2.45) is 5.92 Å². The standard InChI is InChI=1S/C21H28N4O3/c1-15-8-5-6-9-16(15)18-17(14-21(2,24(18)3)20(27)28-4)19(26)22-11-13-25-12-7-10-23-25/h5-10,12,17-18H,11,13-14H2,1-4H3,(H,22,26)/t17-,18-,21-/m1/s1. The highest BCUT2D eigenvalue weighted by Crippen LogP contribution is 2.47. The highest BCUT2D eigenvalue weighted by molar-refractivity contribution is 5.86. The van der Waals surface area contributed by atoms with Gasteiger partial charge in [-0.25, -0.2) is 0 Å². The van der Waals surface area contributed by atoms with Crippen molar-refractivity contribution in [1.29, 1.82) is 0 Å². The zero-order valence-corrected chi connectivity index (χ0v) is 16.9. The van der Waals surface area contributed by atoms with Crippen LogP contribution in [-0.2, 0) is 20.9 Å². The molecule has 1 fully saturated rings. The molecule has 28 heavy (non-hydrogen) atoms. The zero-order chi connectivity index (χ0) is 20.3. The second-order valence-electron chi connectivity index (χ2n) is 7.55. The minimum Gasteiger partial charge on any atom is -0.468 e. The fourth-order valence-electron chi connectivity index (χ4n) is 4.15. The van der Waals surface area contributed by atoms with E-state index in [0.717, 1.165) is 11.1 Å². The van der Waals surface area contributed by atoms with Gasteiger partial charge in [-0.1, -0.05) is 24.3 Å². The Morgan fingerprint density at radius 2 is 2.07 bits per heavy atom. The van der Waals surface area contributed by atoms with Crippen LogP contribution in [0.1, 0.15) is 30.5 Å². The number of aromatic nitrogens is 2. The summed E-state index contributed by atoms with van der Waals surface area (Å²) in [6.45, 7) is 4.96. The number of nitrogens with one attached hydrogen (secondary N) is 1. The van der Waals surface area contributed by atoms with Crippen molar-refractivity contribution in [1.82, 2.24) is 20.0 Å². The summed E-state index contributed by atoms with van der Waals surface area (Å²) in [5.41, 5.74) is 1.30. The number of ether oxygens (including phenoxy) is 1. The zero-order valence-electron chi connectivity index (χ0n) is 16.9. The van der Waals surface area contributed by atoms with Crippen LogP contribution in [0.15, 0.2) is 42.7 Å². The maximum absolute atomic E-state index is 13.1. The lowest BCUT2D eigenvalue weighted by atomic mass is 9.88. The van der Waals surface area contributed by atoms with E-state index >= 15 is 0 Å². The van der Waals surface area contributed by atoms with Crippen molar-refractivity contribution in [3.8, 4) is 0 Å². The molecule has 1 saturated heterocycles. The topological polar surface area (TPSA) is 76.5 Å². The van der Waals surface area contributed by atoms with Crippen molar-refractivity contribution in [2.45, 2.75) is 38.4 Å². The molecule has 0 unspecified atom stereocenters. The molecule has 0 spiro atoms. The third kappa shape index (κ3) is 3.67. The van der Waals surface area contributed by atoms with E-state index in [1.807, 2.05) is 62.3 Å². The lowest BCUT2D eigenvalue weighted by Gasteiger charge is -2.33. The number of amides is 1. The van der Waals surface area contributed by atoms with Crippen molar-refractivity contribution in [3.63, 3.8) is 0 Å². The van der Waals surface area contributed by atoms with E-state index in [-0.39, 0.29) is 23.8 Å². The van der Waals surface area contributed by atoms with Gasteiger partial charge in [-0.05, 0) is 44.5 Å². The SMILES string of the molecule is COC(=O)[C@@]1(C)C[C@@H](C(=O)NCCn2cccn2)[C@@H](c2ccccc2C)N1C. The van der Waals surface area contributed by atoms with Gasteiger partial charge in [0, 0.05) is 25.0 Å². The van der Waals surface area contributed by atoms with Crippen LogP contribution >= 0.6 is 0 Å². The first-order valence-electron chi connectivity index (χ1n) is 9.50. The summed E-state index contributed by atoms with van der Waals surface area (Å²) in [7, 11) is 3.28. The molecule has 0 saturated carbocycles. The van der Waals surface area contributed by atoms with E-state index in [2.05, 4.69) is 10.4 Å². The Morgan fingerprint density at radius 1 is 1.32 bits per heavy atom. The van der Waals surface area contributed by atoms with Crippen LogP contribution in [0, 0.1) is 12.8 Å². The molecule has 0 bridgehead atoms. The highest BCUT2D eigenvalue weighted by atomic mass is 16.5. The van der Waals surface area contributed by atoms with Gasteiger partial charge in [0.05, 0.1) is 19.6 Å². The van der Waals surface area contributed by atoms with Gasteiger partial charge in [0.15, 0.2) is 0 Å². The van der Waals surface area contributed by atoms with Crippen LogP contribution in [0.25, 0.3) is 0 Å². The van der Waals surface area contributed by atoms with Gasteiger partial charge in [-0.3, -0.25) is 19.2 Å². The third-order valence-corrected chi connectivity index (χ3v) is 5.86. The Bertz CT molecular complexity index is 836. The van der Waals surface area contributed by atoms with Gasteiger partial charge in [-0.15, -0.1) is 0 Å². The summed E-state index contributed by atoms with van der Waals surface area (Å²) in [6, 6.07) is 9.66. The van der Waals surface area contributed by atoms with Crippen LogP contribution in [0.5, 0.6) is 0 Å². The third-order valence-electron chi connectivity index (χ3n) is 5.86. The molecule has 7 nitrogen and oxygen atoms in total. The van der Waals surface area contributed by atoms with Gasteiger partial charge in [0.2, 0.25) is 5.91 Å². The minimum atomic E-state index is -0.855. The average molecular weight is 384 g/mol. The first-order valence-corrected chi connectivity index (χ1v) is 9.50. The minimum absolute atomic E-state index is 0.0557. The summed E-state index contributed by atoms with van der Waals surface area (Å²) < 4.78 is 6.83. The van der Waals surface area contributed by atoms with Crippen LogP contribution in [0.2, 0.25) is 0 Å². The van der Waals surface area contributed by atoms with E-state index < -0.39 is 5.54 Å². The van der Waals surface area contributed by atoms with Crippen LogP contribution in [0.3, 0.4) is 0 Å². The lowest BCUT2D eigenvalue weighted by Crippen LogP contribution is -2.47. The van der Waals surface area contributed by atoms with Crippen molar-refractivity contribution >= 4 is 11.9 Å². The summed E-state index contributed by atoms with van der Waals surface area (Å²) in [6.07, 6.45) is 3.98. The number of rotatable bonds is 6.